The third-order valence-corrected chi connectivity index (χ3v) is 4.26. The van der Waals surface area contributed by atoms with Crippen LogP contribution in [0.25, 0.3) is 0 Å². The van der Waals surface area contributed by atoms with Crippen LogP contribution in [0, 0.1) is 5.92 Å². The molecule has 0 saturated carbocycles. The van der Waals surface area contributed by atoms with Crippen LogP contribution in [0.5, 0.6) is 0 Å². The maximum atomic E-state index is 4.29. The zero-order valence-electron chi connectivity index (χ0n) is 14.0. The van der Waals surface area contributed by atoms with E-state index in [2.05, 4.69) is 49.1 Å². The molecule has 22 heavy (non-hydrogen) atoms. The van der Waals surface area contributed by atoms with E-state index < -0.39 is 0 Å². The van der Waals surface area contributed by atoms with Gasteiger partial charge in [-0.05, 0) is 25.4 Å². The summed E-state index contributed by atoms with van der Waals surface area (Å²) in [4.78, 5) is 6.79. The first-order chi connectivity index (χ1) is 10.8. The number of aromatic nitrogens is 3. The summed E-state index contributed by atoms with van der Waals surface area (Å²) >= 11 is 0. The van der Waals surface area contributed by atoms with Crippen LogP contribution in [0.1, 0.15) is 26.1 Å². The number of guanidine groups is 1. The Morgan fingerprint density at radius 3 is 2.95 bits per heavy atom. The predicted molar refractivity (Wildman–Crippen MR) is 89.0 cm³/mol. The molecule has 7 heteroatoms. The van der Waals surface area contributed by atoms with E-state index in [0.717, 1.165) is 50.3 Å². The van der Waals surface area contributed by atoms with Gasteiger partial charge in [-0.25, -0.2) is 0 Å². The van der Waals surface area contributed by atoms with Crippen molar-refractivity contribution in [1.29, 1.82) is 0 Å². The Balaban J connectivity index is 1.67. The molecule has 1 aliphatic rings. The molecule has 124 valence electrons. The second kappa shape index (κ2) is 8.73. The number of hydrogen-bond acceptors (Lipinski definition) is 4. The molecule has 0 aliphatic carbocycles. The highest BCUT2D eigenvalue weighted by atomic mass is 15.3. The third kappa shape index (κ3) is 4.69. The van der Waals surface area contributed by atoms with Gasteiger partial charge in [0.25, 0.3) is 0 Å². The van der Waals surface area contributed by atoms with Crippen molar-refractivity contribution in [2.75, 3.05) is 39.8 Å². The van der Waals surface area contributed by atoms with Crippen molar-refractivity contribution in [3.63, 3.8) is 0 Å². The van der Waals surface area contributed by atoms with Crippen molar-refractivity contribution < 1.29 is 0 Å². The van der Waals surface area contributed by atoms with Crippen molar-refractivity contribution in [1.82, 2.24) is 30.3 Å². The molecule has 1 fully saturated rings. The summed E-state index contributed by atoms with van der Waals surface area (Å²) in [6, 6.07) is 0. The number of aryl methyl sites for hydroxylation is 1. The molecular formula is C15H29N7. The monoisotopic (exact) mass is 307 g/mol. The molecule has 7 nitrogen and oxygen atoms in total. The molecule has 0 aromatic carbocycles. The molecule has 1 aromatic heterocycles. The third-order valence-electron chi connectivity index (χ3n) is 4.26. The summed E-state index contributed by atoms with van der Waals surface area (Å²) in [5.41, 5.74) is 0. The van der Waals surface area contributed by atoms with Crippen LogP contribution < -0.4 is 10.6 Å². The van der Waals surface area contributed by atoms with E-state index in [1.54, 1.807) is 6.33 Å². The first kappa shape index (κ1) is 16.7. The second-order valence-electron chi connectivity index (χ2n) is 5.72. The maximum absolute atomic E-state index is 4.29. The van der Waals surface area contributed by atoms with Crippen LogP contribution in [0.3, 0.4) is 0 Å². The molecule has 2 rings (SSSR count). The molecule has 0 amide bonds. The number of rotatable bonds is 7. The summed E-state index contributed by atoms with van der Waals surface area (Å²) in [6.07, 6.45) is 3.97. The number of nitrogens with zero attached hydrogens (tertiary/aromatic N) is 5. The Bertz CT molecular complexity index is 468. The minimum absolute atomic E-state index is 0.725. The number of hydrogen-bond donors (Lipinski definition) is 2. The topological polar surface area (TPSA) is 70.4 Å². The molecule has 1 atom stereocenters. The van der Waals surface area contributed by atoms with Gasteiger partial charge in [0.2, 0.25) is 0 Å². The highest BCUT2D eigenvalue weighted by molar-refractivity contribution is 5.79. The van der Waals surface area contributed by atoms with Gasteiger partial charge in [-0.3, -0.25) is 4.99 Å². The van der Waals surface area contributed by atoms with E-state index in [1.165, 1.54) is 19.5 Å². The van der Waals surface area contributed by atoms with Crippen LogP contribution in [0.4, 0.5) is 0 Å². The Morgan fingerprint density at radius 2 is 2.27 bits per heavy atom. The SMILES string of the molecule is CCc1nncn1CCNC(=NC)NCC1CCN(CC)C1. The van der Waals surface area contributed by atoms with Crippen LogP contribution in [0.2, 0.25) is 0 Å². The summed E-state index contributed by atoms with van der Waals surface area (Å²) < 4.78 is 2.08. The summed E-state index contributed by atoms with van der Waals surface area (Å²) in [7, 11) is 1.82. The predicted octanol–water partition coefficient (Wildman–Crippen LogP) is 0.347. The minimum Gasteiger partial charge on any atom is -0.356 e. The van der Waals surface area contributed by atoms with E-state index in [1.807, 2.05) is 7.05 Å². The molecule has 2 heterocycles. The molecule has 1 saturated heterocycles. The molecule has 1 unspecified atom stereocenters. The van der Waals surface area contributed by atoms with Crippen LogP contribution in [-0.4, -0.2) is 65.4 Å². The first-order valence-corrected chi connectivity index (χ1v) is 8.30. The van der Waals surface area contributed by atoms with Crippen LogP contribution in [-0.2, 0) is 13.0 Å². The van der Waals surface area contributed by atoms with Crippen molar-refractivity contribution >= 4 is 5.96 Å². The molecular weight excluding hydrogens is 278 g/mol. The van der Waals surface area contributed by atoms with Crippen molar-refractivity contribution in [3.8, 4) is 0 Å². The molecule has 0 spiro atoms. The summed E-state index contributed by atoms with van der Waals surface area (Å²) in [5, 5.41) is 14.8. The standard InChI is InChI=1S/C15H29N7/c1-4-14-20-19-12-22(14)9-7-17-15(16-3)18-10-13-6-8-21(5-2)11-13/h12-13H,4-11H2,1-3H3,(H2,16,17,18). The molecule has 1 aliphatic heterocycles. The first-order valence-electron chi connectivity index (χ1n) is 8.30. The van der Waals surface area contributed by atoms with Crippen molar-refractivity contribution in [3.05, 3.63) is 12.2 Å². The van der Waals surface area contributed by atoms with Gasteiger partial charge >= 0.3 is 0 Å². The molecule has 0 bridgehead atoms. The highest BCUT2D eigenvalue weighted by Crippen LogP contribution is 2.14. The minimum atomic E-state index is 0.725. The Hall–Kier alpha value is -1.63. The fraction of sp³-hybridized carbons (Fsp3) is 0.800. The second-order valence-corrected chi connectivity index (χ2v) is 5.72. The smallest absolute Gasteiger partial charge is 0.191 e. The van der Waals surface area contributed by atoms with Gasteiger partial charge in [-0.1, -0.05) is 13.8 Å². The highest BCUT2D eigenvalue weighted by Gasteiger charge is 2.20. The Kier molecular flexibility index (Phi) is 6.64. The van der Waals surface area contributed by atoms with Gasteiger partial charge < -0.3 is 20.1 Å². The van der Waals surface area contributed by atoms with Crippen molar-refractivity contribution in [2.24, 2.45) is 10.9 Å². The van der Waals surface area contributed by atoms with E-state index >= 15 is 0 Å². The van der Waals surface area contributed by atoms with Gasteiger partial charge in [0, 0.05) is 39.6 Å². The van der Waals surface area contributed by atoms with Gasteiger partial charge in [0.15, 0.2) is 5.96 Å². The lowest BCUT2D eigenvalue weighted by molar-refractivity contribution is 0.342. The van der Waals surface area contributed by atoms with Gasteiger partial charge in [-0.15, -0.1) is 10.2 Å². The van der Waals surface area contributed by atoms with Crippen LogP contribution >= 0.6 is 0 Å². The number of likely N-dealkylation sites (tertiary alicyclic amines) is 1. The average molecular weight is 307 g/mol. The van der Waals surface area contributed by atoms with Gasteiger partial charge in [-0.2, -0.15) is 0 Å². The summed E-state index contributed by atoms with van der Waals surface area (Å²) in [6.45, 7) is 10.6. The van der Waals surface area contributed by atoms with E-state index in [9.17, 15) is 0 Å². The number of nitrogens with one attached hydrogen (secondary N) is 2. The maximum Gasteiger partial charge on any atom is 0.191 e. The van der Waals surface area contributed by atoms with E-state index in [4.69, 9.17) is 0 Å². The average Bonchev–Trinajstić information content (AvgIpc) is 3.19. The fourth-order valence-electron chi connectivity index (χ4n) is 2.86. The quantitative estimate of drug-likeness (QED) is 0.562. The van der Waals surface area contributed by atoms with Crippen LogP contribution in [0.15, 0.2) is 11.3 Å². The fourth-order valence-corrected chi connectivity index (χ4v) is 2.86. The molecule has 0 radical (unpaired) electrons. The molecule has 1 aromatic rings. The summed E-state index contributed by atoms with van der Waals surface area (Å²) in [5.74, 6) is 2.62. The lowest BCUT2D eigenvalue weighted by Gasteiger charge is -2.16. The van der Waals surface area contributed by atoms with E-state index in [-0.39, 0.29) is 0 Å². The molecule has 2 N–H and O–H groups in total. The van der Waals surface area contributed by atoms with Gasteiger partial charge in [0.1, 0.15) is 12.2 Å². The Morgan fingerprint density at radius 1 is 1.41 bits per heavy atom. The largest absolute Gasteiger partial charge is 0.356 e. The lowest BCUT2D eigenvalue weighted by Crippen LogP contribution is -2.41. The Labute approximate surface area is 133 Å². The normalized spacial score (nSPS) is 19.6. The lowest BCUT2D eigenvalue weighted by atomic mass is 10.1. The number of aliphatic imine (C=N–C) groups is 1. The van der Waals surface area contributed by atoms with E-state index in [0.29, 0.717) is 0 Å². The van der Waals surface area contributed by atoms with Crippen molar-refractivity contribution in [2.45, 2.75) is 33.2 Å². The zero-order chi connectivity index (χ0) is 15.8. The zero-order valence-corrected chi connectivity index (χ0v) is 14.0. The van der Waals surface area contributed by atoms with Gasteiger partial charge in [0.05, 0.1) is 0 Å².